The summed E-state index contributed by atoms with van der Waals surface area (Å²) < 4.78 is 0. The molecule has 0 radical (unpaired) electrons. The monoisotopic (exact) mass is 114 g/mol. The van der Waals surface area contributed by atoms with Crippen LogP contribution in [0, 0.1) is 0 Å². The predicted molar refractivity (Wildman–Crippen MR) is 27.7 cm³/mol. The van der Waals surface area contributed by atoms with E-state index in [1.54, 1.807) is 0 Å². The molecule has 0 spiro atoms. The molecule has 1 unspecified atom stereocenters. The molecule has 1 amide bonds. The third-order valence-corrected chi connectivity index (χ3v) is 0.896. The van der Waals surface area contributed by atoms with Crippen LogP contribution in [0.15, 0.2) is 5.10 Å². The number of amidine groups is 1. The van der Waals surface area contributed by atoms with Crippen LogP contribution in [0.5, 0.6) is 0 Å². The van der Waals surface area contributed by atoms with Crippen molar-refractivity contribution >= 4 is 11.7 Å². The van der Waals surface area contributed by atoms with Crippen molar-refractivity contribution < 1.29 is 4.79 Å². The molecule has 0 fully saturated rings. The molecule has 1 aliphatic rings. The van der Waals surface area contributed by atoms with Crippen molar-refractivity contribution in [2.75, 3.05) is 0 Å². The number of hydrogen-bond acceptors (Lipinski definition) is 4. The summed E-state index contributed by atoms with van der Waals surface area (Å²) in [6.07, 6.45) is 0. The largest absolute Gasteiger partial charge is 0.384 e. The molecular formula is C3H6N4O. The van der Waals surface area contributed by atoms with Crippen molar-refractivity contribution in [2.45, 2.75) is 6.04 Å². The fourth-order valence-corrected chi connectivity index (χ4v) is 0.393. The summed E-state index contributed by atoms with van der Waals surface area (Å²) in [5, 5.41) is 3.37. The number of hydrazone groups is 1. The number of nitrogens with zero attached hydrogens (tertiary/aromatic N) is 1. The molecule has 1 atom stereocenters. The Kier molecular flexibility index (Phi) is 0.911. The number of nitrogens with one attached hydrogen (secondary N) is 1. The van der Waals surface area contributed by atoms with Crippen LogP contribution >= 0.6 is 0 Å². The Morgan fingerprint density at radius 2 is 2.38 bits per heavy atom. The van der Waals surface area contributed by atoms with E-state index in [1.807, 2.05) is 0 Å². The van der Waals surface area contributed by atoms with Crippen molar-refractivity contribution in [2.24, 2.45) is 16.6 Å². The minimum absolute atomic E-state index is 0.148. The average molecular weight is 114 g/mol. The lowest BCUT2D eigenvalue weighted by atomic mass is 10.3. The summed E-state index contributed by atoms with van der Waals surface area (Å²) in [5.74, 6) is -0.197. The molecular weight excluding hydrogens is 108 g/mol. The quantitative estimate of drug-likeness (QED) is 0.331. The molecule has 0 aliphatic carbocycles. The molecule has 0 aromatic rings. The van der Waals surface area contributed by atoms with Crippen molar-refractivity contribution in [3.05, 3.63) is 0 Å². The number of carbonyl (C=O) groups is 1. The lowest BCUT2D eigenvalue weighted by Crippen LogP contribution is -2.40. The highest BCUT2D eigenvalue weighted by atomic mass is 16.2. The Bertz CT molecular complexity index is 151. The first-order valence-corrected chi connectivity index (χ1v) is 2.10. The summed E-state index contributed by atoms with van der Waals surface area (Å²) in [5.41, 5.74) is 12.4. The van der Waals surface area contributed by atoms with E-state index in [0.29, 0.717) is 0 Å². The van der Waals surface area contributed by atoms with Gasteiger partial charge >= 0.3 is 0 Å². The van der Waals surface area contributed by atoms with Gasteiger partial charge in [0.1, 0.15) is 11.9 Å². The molecule has 1 rings (SSSR count). The van der Waals surface area contributed by atoms with E-state index in [4.69, 9.17) is 11.5 Å². The minimum Gasteiger partial charge on any atom is -0.384 e. The molecule has 1 heterocycles. The molecule has 0 aromatic heterocycles. The Morgan fingerprint density at radius 3 is 2.50 bits per heavy atom. The van der Waals surface area contributed by atoms with Gasteiger partial charge in [-0.05, 0) is 0 Å². The fraction of sp³-hybridized carbons (Fsp3) is 0.333. The van der Waals surface area contributed by atoms with E-state index in [0.717, 1.165) is 0 Å². The smallest absolute Gasteiger partial charge is 0.264 e. The van der Waals surface area contributed by atoms with Gasteiger partial charge in [0, 0.05) is 0 Å². The zero-order chi connectivity index (χ0) is 6.15. The number of amides is 1. The maximum absolute atomic E-state index is 10.4. The van der Waals surface area contributed by atoms with Crippen LogP contribution in [-0.2, 0) is 4.79 Å². The standard InChI is InChI=1S/C3H6N4O/c4-1-2(5)6-7-3(1)8/h1H,4H2,(H2,5,6)(H,7,8). The molecule has 5 nitrogen and oxygen atoms in total. The van der Waals surface area contributed by atoms with Gasteiger partial charge in [-0.25, -0.2) is 5.43 Å². The van der Waals surface area contributed by atoms with Crippen LogP contribution in [0.1, 0.15) is 0 Å². The van der Waals surface area contributed by atoms with Crippen molar-refractivity contribution in [1.82, 2.24) is 5.43 Å². The van der Waals surface area contributed by atoms with E-state index in [-0.39, 0.29) is 11.7 Å². The molecule has 0 saturated heterocycles. The van der Waals surface area contributed by atoms with Crippen LogP contribution < -0.4 is 16.9 Å². The van der Waals surface area contributed by atoms with Crippen LogP contribution in [-0.4, -0.2) is 17.8 Å². The molecule has 0 bridgehead atoms. The third kappa shape index (κ3) is 0.526. The Labute approximate surface area is 45.7 Å². The third-order valence-electron chi connectivity index (χ3n) is 0.896. The van der Waals surface area contributed by atoms with Gasteiger partial charge < -0.3 is 11.5 Å². The molecule has 0 saturated carbocycles. The molecule has 1 aliphatic heterocycles. The highest BCUT2D eigenvalue weighted by Gasteiger charge is 2.22. The Morgan fingerprint density at radius 1 is 1.75 bits per heavy atom. The predicted octanol–water partition coefficient (Wildman–Crippen LogP) is -2.28. The fourth-order valence-electron chi connectivity index (χ4n) is 0.393. The second kappa shape index (κ2) is 1.45. The van der Waals surface area contributed by atoms with Crippen LogP contribution in [0.25, 0.3) is 0 Å². The van der Waals surface area contributed by atoms with Gasteiger partial charge in [0.2, 0.25) is 0 Å². The van der Waals surface area contributed by atoms with E-state index in [2.05, 4.69) is 10.5 Å². The Balaban J connectivity index is 2.72. The molecule has 5 heteroatoms. The second-order valence-electron chi connectivity index (χ2n) is 1.49. The second-order valence-corrected chi connectivity index (χ2v) is 1.49. The summed E-state index contributed by atoms with van der Waals surface area (Å²) >= 11 is 0. The number of nitrogens with two attached hydrogens (primary N) is 2. The number of carbonyl (C=O) groups excluding carboxylic acids is 1. The van der Waals surface area contributed by atoms with Crippen molar-refractivity contribution in [3.63, 3.8) is 0 Å². The topological polar surface area (TPSA) is 93.5 Å². The molecule has 44 valence electrons. The number of hydrogen-bond donors (Lipinski definition) is 3. The van der Waals surface area contributed by atoms with Gasteiger partial charge in [0.05, 0.1) is 0 Å². The van der Waals surface area contributed by atoms with E-state index < -0.39 is 6.04 Å². The van der Waals surface area contributed by atoms with E-state index >= 15 is 0 Å². The summed E-state index contributed by atoms with van der Waals surface area (Å²) in [7, 11) is 0. The summed E-state index contributed by atoms with van der Waals surface area (Å²) in [4.78, 5) is 10.4. The lowest BCUT2D eigenvalue weighted by molar-refractivity contribution is -0.120. The van der Waals surface area contributed by atoms with Gasteiger partial charge in [-0.1, -0.05) is 0 Å². The Hall–Kier alpha value is -1.10. The van der Waals surface area contributed by atoms with Crippen LogP contribution in [0.4, 0.5) is 0 Å². The van der Waals surface area contributed by atoms with E-state index in [1.165, 1.54) is 0 Å². The highest BCUT2D eigenvalue weighted by molar-refractivity contribution is 6.09. The first-order chi connectivity index (χ1) is 3.72. The maximum Gasteiger partial charge on any atom is 0.264 e. The number of rotatable bonds is 0. The van der Waals surface area contributed by atoms with Gasteiger partial charge in [-0.3, -0.25) is 4.79 Å². The van der Waals surface area contributed by atoms with Crippen LogP contribution in [0.3, 0.4) is 0 Å². The van der Waals surface area contributed by atoms with Crippen LogP contribution in [0.2, 0.25) is 0 Å². The first-order valence-electron chi connectivity index (χ1n) is 2.10. The van der Waals surface area contributed by atoms with Crippen molar-refractivity contribution in [1.29, 1.82) is 0 Å². The van der Waals surface area contributed by atoms with Crippen molar-refractivity contribution in [3.8, 4) is 0 Å². The normalized spacial score (nSPS) is 27.4. The maximum atomic E-state index is 10.4. The zero-order valence-electron chi connectivity index (χ0n) is 4.09. The average Bonchev–Trinajstić information content (AvgIpc) is 1.98. The SMILES string of the molecule is NC1=NNC(=O)C1N. The summed E-state index contributed by atoms with van der Waals surface area (Å²) in [6, 6.07) is -0.741. The molecule has 0 aromatic carbocycles. The zero-order valence-corrected chi connectivity index (χ0v) is 4.09. The van der Waals surface area contributed by atoms with Gasteiger partial charge in [-0.2, -0.15) is 5.10 Å². The van der Waals surface area contributed by atoms with Gasteiger partial charge in [0.15, 0.2) is 0 Å². The van der Waals surface area contributed by atoms with Gasteiger partial charge in [-0.15, -0.1) is 0 Å². The minimum atomic E-state index is -0.741. The lowest BCUT2D eigenvalue weighted by Gasteiger charge is -1.93. The highest BCUT2D eigenvalue weighted by Crippen LogP contribution is 1.86. The molecule has 5 N–H and O–H groups in total. The summed E-state index contributed by atoms with van der Waals surface area (Å²) in [6.45, 7) is 0. The van der Waals surface area contributed by atoms with E-state index in [9.17, 15) is 4.79 Å². The molecule has 8 heavy (non-hydrogen) atoms. The first kappa shape index (κ1) is 5.04. The van der Waals surface area contributed by atoms with Gasteiger partial charge in [0.25, 0.3) is 5.91 Å².